The number of rotatable bonds is 8. The van der Waals surface area contributed by atoms with Gasteiger partial charge in [0.2, 0.25) is 0 Å². The molecule has 0 heterocycles. The van der Waals surface area contributed by atoms with Crippen LogP contribution >= 0.6 is 0 Å². The molecule has 0 rings (SSSR count). The normalized spacial score (nSPS) is 13.6. The van der Waals surface area contributed by atoms with Crippen molar-refractivity contribution >= 4 is 0 Å². The van der Waals surface area contributed by atoms with Gasteiger partial charge in [0.15, 0.2) is 0 Å². The number of nitrogens with two attached hydrogens (primary N) is 1. The van der Waals surface area contributed by atoms with Crippen molar-refractivity contribution in [2.45, 2.75) is 39.2 Å². The molecule has 3 nitrogen and oxygen atoms in total. The van der Waals surface area contributed by atoms with E-state index in [1.54, 1.807) is 0 Å². The summed E-state index contributed by atoms with van der Waals surface area (Å²) >= 11 is 0. The molecule has 13 heavy (non-hydrogen) atoms. The van der Waals surface area contributed by atoms with Gasteiger partial charge in [0, 0.05) is 19.1 Å². The van der Waals surface area contributed by atoms with Gasteiger partial charge in [-0.3, -0.25) is 4.90 Å². The van der Waals surface area contributed by atoms with Gasteiger partial charge < -0.3 is 10.8 Å². The van der Waals surface area contributed by atoms with Gasteiger partial charge in [-0.05, 0) is 19.4 Å². The zero-order valence-corrected chi connectivity index (χ0v) is 9.00. The molecule has 3 N–H and O–H groups in total. The van der Waals surface area contributed by atoms with Gasteiger partial charge >= 0.3 is 0 Å². The monoisotopic (exact) mass is 188 g/mol. The molecule has 0 aliphatic heterocycles. The fourth-order valence-electron chi connectivity index (χ4n) is 1.54. The SMILES string of the molecule is CCCCN(CCO)C(CC)CN. The van der Waals surface area contributed by atoms with Crippen molar-refractivity contribution in [3.05, 3.63) is 0 Å². The topological polar surface area (TPSA) is 49.5 Å². The van der Waals surface area contributed by atoms with Crippen molar-refractivity contribution in [1.82, 2.24) is 4.90 Å². The Balaban J connectivity index is 3.88. The van der Waals surface area contributed by atoms with Gasteiger partial charge in [0.25, 0.3) is 0 Å². The van der Waals surface area contributed by atoms with E-state index in [9.17, 15) is 0 Å². The van der Waals surface area contributed by atoms with Crippen LogP contribution in [0.1, 0.15) is 33.1 Å². The molecule has 0 amide bonds. The molecule has 0 aromatic heterocycles. The molecule has 0 aliphatic carbocycles. The van der Waals surface area contributed by atoms with Crippen LogP contribution in [0, 0.1) is 0 Å². The summed E-state index contributed by atoms with van der Waals surface area (Å²) in [5, 5.41) is 8.89. The van der Waals surface area contributed by atoms with Crippen LogP contribution in [-0.2, 0) is 0 Å². The van der Waals surface area contributed by atoms with Crippen LogP contribution in [-0.4, -0.2) is 42.3 Å². The van der Waals surface area contributed by atoms with Crippen LogP contribution in [0.3, 0.4) is 0 Å². The van der Waals surface area contributed by atoms with E-state index in [4.69, 9.17) is 10.8 Å². The first kappa shape index (κ1) is 12.9. The fraction of sp³-hybridized carbons (Fsp3) is 1.00. The number of aliphatic hydroxyl groups excluding tert-OH is 1. The van der Waals surface area contributed by atoms with Crippen molar-refractivity contribution in [3.8, 4) is 0 Å². The van der Waals surface area contributed by atoms with E-state index in [2.05, 4.69) is 18.7 Å². The molecule has 0 saturated heterocycles. The number of hydrogen-bond donors (Lipinski definition) is 2. The summed E-state index contributed by atoms with van der Waals surface area (Å²) in [5.74, 6) is 0. The third kappa shape index (κ3) is 5.24. The minimum atomic E-state index is 0.236. The molecule has 0 saturated carbocycles. The summed E-state index contributed by atoms with van der Waals surface area (Å²) in [4.78, 5) is 2.30. The first-order valence-electron chi connectivity index (χ1n) is 5.35. The lowest BCUT2D eigenvalue weighted by atomic mass is 10.1. The second-order valence-electron chi connectivity index (χ2n) is 3.41. The Bertz CT molecular complexity index is 105. The summed E-state index contributed by atoms with van der Waals surface area (Å²) in [5.41, 5.74) is 5.66. The van der Waals surface area contributed by atoms with Crippen molar-refractivity contribution < 1.29 is 5.11 Å². The number of unbranched alkanes of at least 4 members (excludes halogenated alkanes) is 1. The highest BCUT2D eigenvalue weighted by molar-refractivity contribution is 4.70. The maximum Gasteiger partial charge on any atom is 0.0558 e. The van der Waals surface area contributed by atoms with Gasteiger partial charge in [0.1, 0.15) is 0 Å². The first-order chi connectivity index (χ1) is 6.29. The molecule has 3 heteroatoms. The molecule has 0 aromatic carbocycles. The van der Waals surface area contributed by atoms with Crippen molar-refractivity contribution in [3.63, 3.8) is 0 Å². The smallest absolute Gasteiger partial charge is 0.0558 e. The fourth-order valence-corrected chi connectivity index (χ4v) is 1.54. The maximum absolute atomic E-state index is 8.89. The van der Waals surface area contributed by atoms with Crippen LogP contribution in [0.25, 0.3) is 0 Å². The van der Waals surface area contributed by atoms with E-state index >= 15 is 0 Å². The van der Waals surface area contributed by atoms with Crippen molar-refractivity contribution in [1.29, 1.82) is 0 Å². The minimum absolute atomic E-state index is 0.236. The lowest BCUT2D eigenvalue weighted by molar-refractivity contribution is 0.148. The van der Waals surface area contributed by atoms with Crippen LogP contribution in [0.15, 0.2) is 0 Å². The molecule has 1 atom stereocenters. The Morgan fingerprint density at radius 1 is 1.31 bits per heavy atom. The van der Waals surface area contributed by atoms with E-state index in [1.165, 1.54) is 12.8 Å². The summed E-state index contributed by atoms with van der Waals surface area (Å²) < 4.78 is 0. The lowest BCUT2D eigenvalue weighted by Crippen LogP contribution is -2.42. The molecule has 0 spiro atoms. The van der Waals surface area contributed by atoms with E-state index in [0.29, 0.717) is 12.6 Å². The molecule has 80 valence electrons. The van der Waals surface area contributed by atoms with E-state index in [-0.39, 0.29) is 6.61 Å². The summed E-state index contributed by atoms with van der Waals surface area (Å²) in [7, 11) is 0. The minimum Gasteiger partial charge on any atom is -0.395 e. The van der Waals surface area contributed by atoms with E-state index < -0.39 is 0 Å². The Morgan fingerprint density at radius 3 is 2.38 bits per heavy atom. The van der Waals surface area contributed by atoms with Gasteiger partial charge in [-0.25, -0.2) is 0 Å². The predicted octanol–water partition coefficient (Wildman–Crippen LogP) is 0.818. The molecular formula is C10H24N2O. The van der Waals surface area contributed by atoms with Crippen molar-refractivity contribution in [2.24, 2.45) is 5.73 Å². The third-order valence-corrected chi connectivity index (χ3v) is 2.45. The van der Waals surface area contributed by atoms with E-state index in [1.807, 2.05) is 0 Å². The predicted molar refractivity (Wildman–Crippen MR) is 56.7 cm³/mol. The number of nitrogens with zero attached hydrogens (tertiary/aromatic N) is 1. The Labute approximate surface area is 81.9 Å². The maximum atomic E-state index is 8.89. The van der Waals surface area contributed by atoms with E-state index in [0.717, 1.165) is 19.5 Å². The average Bonchev–Trinajstić information content (AvgIpc) is 2.16. The highest BCUT2D eigenvalue weighted by atomic mass is 16.3. The van der Waals surface area contributed by atoms with Gasteiger partial charge in [-0.15, -0.1) is 0 Å². The molecule has 0 aliphatic rings. The molecule has 0 fully saturated rings. The first-order valence-corrected chi connectivity index (χ1v) is 5.35. The van der Waals surface area contributed by atoms with Crippen LogP contribution < -0.4 is 5.73 Å². The Kier molecular flexibility index (Phi) is 8.40. The molecule has 0 aromatic rings. The zero-order chi connectivity index (χ0) is 10.1. The van der Waals surface area contributed by atoms with Crippen molar-refractivity contribution in [2.75, 3.05) is 26.2 Å². The second kappa shape index (κ2) is 8.48. The van der Waals surface area contributed by atoms with Crippen LogP contribution in [0.2, 0.25) is 0 Å². The summed E-state index contributed by atoms with van der Waals surface area (Å²) in [6.45, 7) is 7.08. The zero-order valence-electron chi connectivity index (χ0n) is 9.00. The third-order valence-electron chi connectivity index (χ3n) is 2.45. The Hall–Kier alpha value is -0.120. The molecular weight excluding hydrogens is 164 g/mol. The standard InChI is InChI=1S/C10H24N2O/c1-3-5-6-12(7-8-13)10(4-2)9-11/h10,13H,3-9,11H2,1-2H3. The molecule has 1 unspecified atom stereocenters. The average molecular weight is 188 g/mol. The number of aliphatic hydroxyl groups is 1. The van der Waals surface area contributed by atoms with Gasteiger partial charge in [-0.2, -0.15) is 0 Å². The molecule has 0 bridgehead atoms. The van der Waals surface area contributed by atoms with Crippen LogP contribution in [0.5, 0.6) is 0 Å². The largest absolute Gasteiger partial charge is 0.395 e. The highest BCUT2D eigenvalue weighted by Crippen LogP contribution is 2.04. The Morgan fingerprint density at radius 2 is 2.00 bits per heavy atom. The highest BCUT2D eigenvalue weighted by Gasteiger charge is 2.13. The molecule has 0 radical (unpaired) electrons. The van der Waals surface area contributed by atoms with Gasteiger partial charge in [-0.1, -0.05) is 20.3 Å². The second-order valence-corrected chi connectivity index (χ2v) is 3.41. The lowest BCUT2D eigenvalue weighted by Gasteiger charge is -2.29. The summed E-state index contributed by atoms with van der Waals surface area (Å²) in [6.07, 6.45) is 3.46. The van der Waals surface area contributed by atoms with Gasteiger partial charge in [0.05, 0.1) is 6.61 Å². The van der Waals surface area contributed by atoms with Crippen LogP contribution in [0.4, 0.5) is 0 Å². The number of hydrogen-bond acceptors (Lipinski definition) is 3. The summed E-state index contributed by atoms with van der Waals surface area (Å²) in [6, 6.07) is 0.443. The quantitative estimate of drug-likeness (QED) is 0.593.